The molecule has 1 aromatic carbocycles. The number of amides is 1. The Morgan fingerprint density at radius 3 is 2.60 bits per heavy atom. The van der Waals surface area contributed by atoms with E-state index in [4.69, 9.17) is 0 Å². The van der Waals surface area contributed by atoms with Gasteiger partial charge in [-0.25, -0.2) is 12.7 Å². The van der Waals surface area contributed by atoms with E-state index in [0.29, 0.717) is 24.2 Å². The molecule has 2 aromatic rings. The van der Waals surface area contributed by atoms with Crippen LogP contribution in [-0.2, 0) is 16.6 Å². The molecular weight excluding hydrogens is 340 g/mol. The van der Waals surface area contributed by atoms with Crippen LogP contribution in [0.15, 0.2) is 35.5 Å². The monoisotopic (exact) mass is 364 g/mol. The molecule has 0 atom stereocenters. The van der Waals surface area contributed by atoms with Crippen LogP contribution in [-0.4, -0.2) is 49.1 Å². The van der Waals surface area contributed by atoms with E-state index >= 15 is 0 Å². The Kier molecular flexibility index (Phi) is 5.97. The van der Waals surface area contributed by atoms with Gasteiger partial charge < -0.3 is 5.32 Å². The first-order valence-electron chi connectivity index (χ1n) is 8.03. The lowest BCUT2D eigenvalue weighted by Crippen LogP contribution is -2.27. The summed E-state index contributed by atoms with van der Waals surface area (Å²) in [7, 11) is -0.643. The van der Waals surface area contributed by atoms with Crippen LogP contribution in [0.4, 0.5) is 0 Å². The second kappa shape index (κ2) is 7.79. The molecule has 1 heterocycles. The number of nitrogens with one attached hydrogen (secondary N) is 1. The van der Waals surface area contributed by atoms with Gasteiger partial charge in [0.25, 0.3) is 5.91 Å². The van der Waals surface area contributed by atoms with Crippen molar-refractivity contribution in [3.8, 4) is 0 Å². The van der Waals surface area contributed by atoms with Crippen molar-refractivity contribution in [1.29, 1.82) is 0 Å². The number of sulfonamides is 1. The molecule has 136 valence electrons. The average Bonchev–Trinajstić information content (AvgIpc) is 3.06. The van der Waals surface area contributed by atoms with Crippen molar-refractivity contribution in [2.24, 2.45) is 0 Å². The van der Waals surface area contributed by atoms with E-state index in [1.165, 1.54) is 20.2 Å². The highest BCUT2D eigenvalue weighted by Gasteiger charge is 2.22. The second-order valence-corrected chi connectivity index (χ2v) is 8.20. The number of carbonyl (C=O) groups excluding carboxylic acids is 1. The highest BCUT2D eigenvalue weighted by atomic mass is 32.2. The minimum Gasteiger partial charge on any atom is -0.352 e. The van der Waals surface area contributed by atoms with Crippen LogP contribution in [0.3, 0.4) is 0 Å². The topological polar surface area (TPSA) is 84.3 Å². The van der Waals surface area contributed by atoms with Crippen molar-refractivity contribution < 1.29 is 13.2 Å². The van der Waals surface area contributed by atoms with Crippen LogP contribution in [0.1, 0.15) is 27.9 Å². The lowest BCUT2D eigenvalue weighted by atomic mass is 10.1. The third-order valence-electron chi connectivity index (χ3n) is 4.05. The molecule has 0 bridgehead atoms. The number of aromatic nitrogens is 2. The Labute approximate surface area is 148 Å². The third-order valence-corrected chi connectivity index (χ3v) is 5.99. The fourth-order valence-electron chi connectivity index (χ4n) is 2.40. The lowest BCUT2D eigenvalue weighted by molar-refractivity contribution is 0.0952. The molecule has 8 heteroatoms. The summed E-state index contributed by atoms with van der Waals surface area (Å²) in [6.45, 7) is 4.75. The van der Waals surface area contributed by atoms with Gasteiger partial charge in [0.15, 0.2) is 0 Å². The quantitative estimate of drug-likeness (QED) is 0.756. The van der Waals surface area contributed by atoms with Crippen molar-refractivity contribution >= 4 is 15.9 Å². The number of hydrogen-bond acceptors (Lipinski definition) is 4. The maximum atomic E-state index is 12.5. The zero-order valence-corrected chi connectivity index (χ0v) is 15.8. The SMILES string of the molecule is Cc1cc(C(=O)NCCCn2cccn2)cc(S(=O)(=O)N(C)C)c1C. The summed E-state index contributed by atoms with van der Waals surface area (Å²) in [5.41, 5.74) is 1.77. The van der Waals surface area contributed by atoms with Crippen molar-refractivity contribution in [1.82, 2.24) is 19.4 Å². The maximum absolute atomic E-state index is 12.5. The molecule has 0 fully saturated rings. The van der Waals surface area contributed by atoms with E-state index in [0.717, 1.165) is 16.3 Å². The van der Waals surface area contributed by atoms with Crippen LogP contribution in [0, 0.1) is 13.8 Å². The van der Waals surface area contributed by atoms with Gasteiger partial charge >= 0.3 is 0 Å². The largest absolute Gasteiger partial charge is 0.352 e. The molecule has 0 saturated carbocycles. The number of hydrogen-bond donors (Lipinski definition) is 1. The number of benzene rings is 1. The molecule has 0 aliphatic carbocycles. The highest BCUT2D eigenvalue weighted by Crippen LogP contribution is 2.23. The van der Waals surface area contributed by atoms with Gasteiger partial charge in [0, 0.05) is 45.1 Å². The highest BCUT2D eigenvalue weighted by molar-refractivity contribution is 7.89. The predicted molar refractivity (Wildman–Crippen MR) is 96.0 cm³/mol. The molecule has 0 saturated heterocycles. The van der Waals surface area contributed by atoms with Crippen molar-refractivity contribution in [2.75, 3.05) is 20.6 Å². The second-order valence-electron chi connectivity index (χ2n) is 6.08. The molecule has 2 rings (SSSR count). The first-order chi connectivity index (χ1) is 11.7. The van der Waals surface area contributed by atoms with Gasteiger partial charge in [-0.05, 0) is 49.6 Å². The van der Waals surface area contributed by atoms with Gasteiger partial charge in [0.2, 0.25) is 10.0 Å². The maximum Gasteiger partial charge on any atom is 0.251 e. The molecule has 1 amide bonds. The summed E-state index contributed by atoms with van der Waals surface area (Å²) in [5, 5.41) is 6.93. The van der Waals surface area contributed by atoms with Crippen LogP contribution in [0.5, 0.6) is 0 Å². The fraction of sp³-hybridized carbons (Fsp3) is 0.412. The number of aryl methyl sites for hydroxylation is 2. The van der Waals surface area contributed by atoms with E-state index in [2.05, 4.69) is 10.4 Å². The Balaban J connectivity index is 2.10. The lowest BCUT2D eigenvalue weighted by Gasteiger charge is -2.16. The average molecular weight is 364 g/mol. The molecule has 0 spiro atoms. The summed E-state index contributed by atoms with van der Waals surface area (Å²) in [4.78, 5) is 12.5. The van der Waals surface area contributed by atoms with Gasteiger partial charge in [0.05, 0.1) is 4.90 Å². The standard InChI is InChI=1S/C17H24N4O3S/c1-13-11-15(12-16(14(13)2)25(23,24)20(3)4)17(22)18-7-5-9-21-10-6-8-19-21/h6,8,10-12H,5,7,9H2,1-4H3,(H,18,22). The molecular formula is C17H24N4O3S. The molecule has 0 aliphatic rings. The van der Waals surface area contributed by atoms with Gasteiger partial charge in [-0.2, -0.15) is 5.10 Å². The van der Waals surface area contributed by atoms with E-state index < -0.39 is 10.0 Å². The van der Waals surface area contributed by atoms with E-state index in [1.807, 2.05) is 12.3 Å². The molecule has 0 unspecified atom stereocenters. The molecule has 25 heavy (non-hydrogen) atoms. The van der Waals surface area contributed by atoms with Crippen LogP contribution >= 0.6 is 0 Å². The van der Waals surface area contributed by atoms with Crippen molar-refractivity contribution in [3.05, 3.63) is 47.3 Å². The molecule has 0 radical (unpaired) electrons. The van der Waals surface area contributed by atoms with E-state index in [1.54, 1.807) is 30.8 Å². The summed E-state index contributed by atoms with van der Waals surface area (Å²) in [6, 6.07) is 5.01. The van der Waals surface area contributed by atoms with E-state index in [-0.39, 0.29) is 10.8 Å². The summed E-state index contributed by atoms with van der Waals surface area (Å²) >= 11 is 0. The van der Waals surface area contributed by atoms with E-state index in [9.17, 15) is 13.2 Å². The van der Waals surface area contributed by atoms with Crippen LogP contribution in [0.25, 0.3) is 0 Å². The smallest absolute Gasteiger partial charge is 0.251 e. The Bertz CT molecular complexity index is 843. The van der Waals surface area contributed by atoms with Gasteiger partial charge in [0.1, 0.15) is 0 Å². The summed E-state index contributed by atoms with van der Waals surface area (Å²) < 4.78 is 27.9. The Hall–Kier alpha value is -2.19. The molecule has 1 N–H and O–H groups in total. The van der Waals surface area contributed by atoms with Crippen molar-refractivity contribution in [2.45, 2.75) is 31.7 Å². The van der Waals surface area contributed by atoms with Crippen LogP contribution < -0.4 is 5.32 Å². The number of rotatable bonds is 7. The summed E-state index contributed by atoms with van der Waals surface area (Å²) in [6.07, 6.45) is 4.31. The zero-order chi connectivity index (χ0) is 18.6. The normalized spacial score (nSPS) is 11.7. The molecule has 0 aliphatic heterocycles. The summed E-state index contributed by atoms with van der Waals surface area (Å²) in [5.74, 6) is -0.279. The zero-order valence-electron chi connectivity index (χ0n) is 15.0. The Morgan fingerprint density at radius 1 is 1.28 bits per heavy atom. The number of carbonyl (C=O) groups is 1. The molecule has 7 nitrogen and oxygen atoms in total. The van der Waals surface area contributed by atoms with Gasteiger partial charge in [-0.15, -0.1) is 0 Å². The molecule has 1 aromatic heterocycles. The minimum atomic E-state index is -3.60. The third kappa shape index (κ3) is 4.46. The fourth-order valence-corrected chi connectivity index (χ4v) is 3.62. The van der Waals surface area contributed by atoms with Gasteiger partial charge in [-0.1, -0.05) is 0 Å². The van der Waals surface area contributed by atoms with Gasteiger partial charge in [-0.3, -0.25) is 9.48 Å². The Morgan fingerprint density at radius 2 is 2.00 bits per heavy atom. The number of nitrogens with zero attached hydrogens (tertiary/aromatic N) is 3. The van der Waals surface area contributed by atoms with Crippen molar-refractivity contribution in [3.63, 3.8) is 0 Å². The predicted octanol–water partition coefficient (Wildman–Crippen LogP) is 1.57. The first-order valence-corrected chi connectivity index (χ1v) is 9.47. The van der Waals surface area contributed by atoms with Crippen LogP contribution in [0.2, 0.25) is 0 Å². The minimum absolute atomic E-state index is 0.166. The first kappa shape index (κ1) is 19.1.